The van der Waals surface area contributed by atoms with Crippen molar-refractivity contribution in [2.24, 2.45) is 0 Å². The molecule has 0 unspecified atom stereocenters. The van der Waals surface area contributed by atoms with E-state index in [4.69, 9.17) is 33.7 Å². The van der Waals surface area contributed by atoms with Crippen molar-refractivity contribution in [3.63, 3.8) is 0 Å². The van der Waals surface area contributed by atoms with Gasteiger partial charge in [-0.15, -0.1) is 0 Å². The predicted molar refractivity (Wildman–Crippen MR) is 110 cm³/mol. The van der Waals surface area contributed by atoms with Gasteiger partial charge in [0, 0.05) is 35.1 Å². The van der Waals surface area contributed by atoms with E-state index in [9.17, 15) is 0 Å². The zero-order valence-electron chi connectivity index (χ0n) is 16.2. The van der Waals surface area contributed by atoms with Crippen LogP contribution in [0.1, 0.15) is 57.0 Å². The first-order valence-electron chi connectivity index (χ1n) is 9.69. The number of morpholine rings is 1. The topological polar surface area (TPSA) is 35.2 Å². The minimum absolute atomic E-state index is 0.0444. The molecule has 2 aromatic rings. The highest BCUT2D eigenvalue weighted by Crippen LogP contribution is 2.39. The van der Waals surface area contributed by atoms with Crippen LogP contribution in [-0.2, 0) is 18.0 Å². The van der Waals surface area contributed by atoms with Crippen molar-refractivity contribution >= 4 is 23.8 Å². The second-order valence-corrected chi connectivity index (χ2v) is 8.93. The molecule has 0 bridgehead atoms. The summed E-state index contributed by atoms with van der Waals surface area (Å²) in [4.78, 5) is 2.41. The van der Waals surface area contributed by atoms with Gasteiger partial charge in [-0.3, -0.25) is 4.90 Å². The zero-order chi connectivity index (χ0) is 19.2. The van der Waals surface area contributed by atoms with E-state index in [1.165, 1.54) is 12.8 Å². The highest BCUT2D eigenvalue weighted by Gasteiger charge is 2.37. The minimum Gasteiger partial charge on any atom is -0.370 e. The molecule has 2 heterocycles. The third kappa shape index (κ3) is 3.73. The Kier molecular flexibility index (Phi) is 5.18. The first-order valence-corrected chi connectivity index (χ1v) is 10.5. The average molecular weight is 407 g/mol. The van der Waals surface area contributed by atoms with E-state index in [-0.39, 0.29) is 11.6 Å². The van der Waals surface area contributed by atoms with Crippen molar-refractivity contribution in [2.45, 2.75) is 64.4 Å². The number of rotatable bonds is 5. The van der Waals surface area contributed by atoms with Crippen molar-refractivity contribution in [3.8, 4) is 0 Å². The van der Waals surface area contributed by atoms with Crippen LogP contribution in [0.3, 0.4) is 0 Å². The standard InChI is InChI=1S/C20H27ClN4OS/c1-4-24-18(14-9-10-14)22-25(19(24)27)13-23-11-17(26-12-20(23,2)3)15-7-5-6-8-16(15)21/h5-8,14,17H,4,9-13H2,1-3H3/t17-/m1/s1. The van der Waals surface area contributed by atoms with Gasteiger partial charge in [-0.2, -0.15) is 5.10 Å². The maximum absolute atomic E-state index is 6.41. The summed E-state index contributed by atoms with van der Waals surface area (Å²) < 4.78 is 11.2. The lowest BCUT2D eigenvalue weighted by Gasteiger charge is -2.45. The molecule has 0 amide bonds. The van der Waals surface area contributed by atoms with Crippen LogP contribution in [0.25, 0.3) is 0 Å². The Labute approximate surface area is 170 Å². The number of benzene rings is 1. The van der Waals surface area contributed by atoms with Crippen molar-refractivity contribution in [1.29, 1.82) is 0 Å². The molecule has 27 heavy (non-hydrogen) atoms. The fraction of sp³-hybridized carbons (Fsp3) is 0.600. The van der Waals surface area contributed by atoms with E-state index in [1.807, 2.05) is 28.9 Å². The Balaban J connectivity index is 1.60. The van der Waals surface area contributed by atoms with Gasteiger partial charge in [0.15, 0.2) is 4.77 Å². The maximum atomic E-state index is 6.41. The molecule has 0 spiro atoms. The summed E-state index contributed by atoms with van der Waals surface area (Å²) in [6, 6.07) is 7.93. The van der Waals surface area contributed by atoms with Gasteiger partial charge in [-0.05, 0) is 51.9 Å². The van der Waals surface area contributed by atoms with Crippen LogP contribution in [0.2, 0.25) is 5.02 Å². The monoisotopic (exact) mass is 406 g/mol. The second kappa shape index (κ2) is 7.32. The number of hydrogen-bond donors (Lipinski definition) is 0. The van der Waals surface area contributed by atoms with Crippen LogP contribution in [0, 0.1) is 4.77 Å². The first kappa shape index (κ1) is 19.1. The fourth-order valence-corrected chi connectivity index (χ4v) is 4.30. The molecule has 1 aliphatic carbocycles. The molecule has 7 heteroatoms. The van der Waals surface area contributed by atoms with Gasteiger partial charge in [0.25, 0.3) is 0 Å². The highest BCUT2D eigenvalue weighted by molar-refractivity contribution is 7.71. The smallest absolute Gasteiger partial charge is 0.199 e. The van der Waals surface area contributed by atoms with Crippen LogP contribution in [0.4, 0.5) is 0 Å². The van der Waals surface area contributed by atoms with Gasteiger partial charge in [0.1, 0.15) is 5.82 Å². The summed E-state index contributed by atoms with van der Waals surface area (Å²) in [5.74, 6) is 1.73. The Morgan fingerprint density at radius 1 is 1.30 bits per heavy atom. The lowest BCUT2D eigenvalue weighted by atomic mass is 9.99. The van der Waals surface area contributed by atoms with Crippen LogP contribution in [0.15, 0.2) is 24.3 Å². The lowest BCUT2D eigenvalue weighted by Crippen LogP contribution is -2.54. The van der Waals surface area contributed by atoms with Crippen molar-refractivity contribution in [1.82, 2.24) is 19.2 Å². The molecule has 1 aromatic carbocycles. The van der Waals surface area contributed by atoms with Crippen LogP contribution >= 0.6 is 23.8 Å². The lowest BCUT2D eigenvalue weighted by molar-refractivity contribution is -0.113. The molecule has 4 rings (SSSR count). The summed E-state index contributed by atoms with van der Waals surface area (Å²) in [7, 11) is 0. The molecule has 2 aliphatic rings. The molecule has 1 saturated carbocycles. The van der Waals surface area contributed by atoms with Gasteiger partial charge in [0.05, 0.1) is 19.4 Å². The van der Waals surface area contributed by atoms with E-state index in [0.717, 1.165) is 34.3 Å². The van der Waals surface area contributed by atoms with Crippen molar-refractivity contribution in [2.75, 3.05) is 13.2 Å². The van der Waals surface area contributed by atoms with E-state index < -0.39 is 0 Å². The van der Waals surface area contributed by atoms with E-state index >= 15 is 0 Å². The Hall–Kier alpha value is -1.21. The average Bonchev–Trinajstić information content (AvgIpc) is 3.43. The summed E-state index contributed by atoms with van der Waals surface area (Å²) in [6.07, 6.45) is 2.41. The third-order valence-electron chi connectivity index (χ3n) is 5.65. The molecule has 5 nitrogen and oxygen atoms in total. The summed E-state index contributed by atoms with van der Waals surface area (Å²) in [6.45, 7) is 9.49. The van der Waals surface area contributed by atoms with Crippen LogP contribution < -0.4 is 0 Å². The normalized spacial score (nSPS) is 22.9. The van der Waals surface area contributed by atoms with Crippen molar-refractivity contribution in [3.05, 3.63) is 45.4 Å². The van der Waals surface area contributed by atoms with Gasteiger partial charge in [-0.25, -0.2) is 4.68 Å². The fourth-order valence-electron chi connectivity index (χ4n) is 3.72. The SMILES string of the molecule is CCn1c(C2CC2)nn(CN2C[C@H](c3ccccc3Cl)OCC2(C)C)c1=S. The molecular weight excluding hydrogens is 380 g/mol. The zero-order valence-corrected chi connectivity index (χ0v) is 17.8. The Morgan fingerprint density at radius 3 is 2.70 bits per heavy atom. The van der Waals surface area contributed by atoms with Gasteiger partial charge in [-0.1, -0.05) is 29.8 Å². The van der Waals surface area contributed by atoms with Crippen LogP contribution in [0.5, 0.6) is 0 Å². The summed E-state index contributed by atoms with van der Waals surface area (Å²) in [5.41, 5.74) is 0.948. The molecule has 1 aromatic heterocycles. The maximum Gasteiger partial charge on any atom is 0.199 e. The number of halogens is 1. The van der Waals surface area contributed by atoms with Crippen LogP contribution in [-0.4, -0.2) is 37.9 Å². The molecule has 2 fully saturated rings. The molecule has 0 N–H and O–H groups in total. The molecule has 146 valence electrons. The van der Waals surface area contributed by atoms with Gasteiger partial charge in [0.2, 0.25) is 0 Å². The summed E-state index contributed by atoms with van der Waals surface area (Å²) >= 11 is 12.1. The number of hydrogen-bond acceptors (Lipinski definition) is 4. The Morgan fingerprint density at radius 2 is 2.04 bits per heavy atom. The summed E-state index contributed by atoms with van der Waals surface area (Å²) in [5, 5.41) is 5.64. The minimum atomic E-state index is -0.0950. The predicted octanol–water partition coefficient (Wildman–Crippen LogP) is 4.77. The second-order valence-electron chi connectivity index (χ2n) is 8.16. The van der Waals surface area contributed by atoms with Gasteiger partial charge >= 0.3 is 0 Å². The first-order chi connectivity index (χ1) is 12.9. The van der Waals surface area contributed by atoms with Gasteiger partial charge < -0.3 is 9.30 Å². The number of nitrogens with zero attached hydrogens (tertiary/aromatic N) is 4. The molecule has 1 saturated heterocycles. The Bertz CT molecular complexity index is 886. The molecule has 1 aliphatic heterocycles. The molecule has 1 atom stereocenters. The largest absolute Gasteiger partial charge is 0.370 e. The van der Waals surface area contributed by atoms with E-state index in [0.29, 0.717) is 19.2 Å². The van der Waals surface area contributed by atoms with E-state index in [1.54, 1.807) is 0 Å². The van der Waals surface area contributed by atoms with E-state index in [2.05, 4.69) is 30.2 Å². The molecule has 0 radical (unpaired) electrons. The van der Waals surface area contributed by atoms with Crippen molar-refractivity contribution < 1.29 is 4.74 Å². The molecular formula is C20H27ClN4OS. The number of aromatic nitrogens is 3. The highest BCUT2D eigenvalue weighted by atomic mass is 35.5. The quantitative estimate of drug-likeness (QED) is 0.669. The third-order valence-corrected chi connectivity index (χ3v) is 6.42. The number of ether oxygens (including phenoxy) is 1.